The van der Waals surface area contributed by atoms with Gasteiger partial charge in [-0.3, -0.25) is 9.89 Å². The quantitative estimate of drug-likeness (QED) is 0.488. The van der Waals surface area contributed by atoms with Crippen LogP contribution in [0.1, 0.15) is 18.3 Å². The fourth-order valence-corrected chi connectivity index (χ4v) is 4.27. The Balaban J connectivity index is 1.86. The molecule has 1 amide bonds. The summed E-state index contributed by atoms with van der Waals surface area (Å²) in [5.41, 5.74) is 0.976. The third-order valence-electron chi connectivity index (χ3n) is 3.56. The molecule has 0 aliphatic carbocycles. The summed E-state index contributed by atoms with van der Waals surface area (Å²) in [6.45, 7) is 5.82. The number of sulfonamides is 1. The zero-order valence-corrected chi connectivity index (χ0v) is 16.7. The van der Waals surface area contributed by atoms with Crippen molar-refractivity contribution in [1.29, 1.82) is 0 Å². The Morgan fingerprint density at radius 3 is 2.54 bits per heavy atom. The second-order valence-electron chi connectivity index (χ2n) is 5.65. The Morgan fingerprint density at radius 1 is 1.27 bits per heavy atom. The molecule has 0 saturated carbocycles. The molecule has 0 aliphatic heterocycles. The van der Waals surface area contributed by atoms with Crippen molar-refractivity contribution in [3.05, 3.63) is 35.7 Å². The molecule has 0 atom stereocenters. The number of likely N-dealkylation sites (N-methyl/N-ethyl adjacent to an activating group) is 1. The highest BCUT2D eigenvalue weighted by Gasteiger charge is 2.24. The van der Waals surface area contributed by atoms with Crippen molar-refractivity contribution in [2.45, 2.75) is 30.8 Å². The van der Waals surface area contributed by atoms with Gasteiger partial charge in [0, 0.05) is 18.8 Å². The number of thioether (sulfide) groups is 1. The highest BCUT2D eigenvalue weighted by atomic mass is 32.2. The first-order chi connectivity index (χ1) is 12.3. The summed E-state index contributed by atoms with van der Waals surface area (Å²) in [5, 5.41) is 10.1. The molecule has 2 N–H and O–H groups in total. The maximum Gasteiger partial charge on any atom is 0.243 e. The summed E-state index contributed by atoms with van der Waals surface area (Å²) in [7, 11) is -3.69. The molecule has 0 bridgehead atoms. The van der Waals surface area contributed by atoms with Crippen LogP contribution in [-0.2, 0) is 14.8 Å². The Labute approximate surface area is 157 Å². The van der Waals surface area contributed by atoms with Gasteiger partial charge in [0.2, 0.25) is 21.1 Å². The van der Waals surface area contributed by atoms with Gasteiger partial charge < -0.3 is 5.32 Å². The standard InChI is InChI=1S/C16H23N5O3S2/c1-4-21(26(23,24)14-7-5-12(2)6-8-14)11-15(22)17-9-10-25-16-18-13(3)19-20-16/h5-8H,4,9-11H2,1-3H3,(H,17,22)(H,18,19,20). The Morgan fingerprint density at radius 2 is 1.96 bits per heavy atom. The maximum atomic E-state index is 12.6. The first kappa shape index (κ1) is 20.4. The molecule has 0 radical (unpaired) electrons. The number of aromatic nitrogens is 3. The third kappa shape index (κ3) is 5.55. The van der Waals surface area contributed by atoms with Gasteiger partial charge in [-0.2, -0.15) is 4.31 Å². The van der Waals surface area contributed by atoms with Gasteiger partial charge in [0.25, 0.3) is 0 Å². The van der Waals surface area contributed by atoms with Gasteiger partial charge in [-0.15, -0.1) is 5.10 Å². The number of carbonyl (C=O) groups is 1. The van der Waals surface area contributed by atoms with E-state index in [2.05, 4.69) is 20.5 Å². The van der Waals surface area contributed by atoms with Gasteiger partial charge in [0.05, 0.1) is 11.4 Å². The second kappa shape index (κ2) is 9.15. The molecule has 26 heavy (non-hydrogen) atoms. The second-order valence-corrected chi connectivity index (χ2v) is 8.65. The van der Waals surface area contributed by atoms with E-state index in [1.165, 1.54) is 16.1 Å². The SMILES string of the molecule is CCN(CC(=O)NCCSc1n[nH]c(C)n1)S(=O)(=O)c1ccc(C)cc1. The van der Waals surface area contributed by atoms with E-state index in [1.54, 1.807) is 31.2 Å². The molecule has 0 fully saturated rings. The molecule has 2 rings (SSSR count). The lowest BCUT2D eigenvalue weighted by atomic mass is 10.2. The molecule has 142 valence electrons. The van der Waals surface area contributed by atoms with Crippen molar-refractivity contribution < 1.29 is 13.2 Å². The van der Waals surface area contributed by atoms with Crippen LogP contribution in [0.25, 0.3) is 0 Å². The topological polar surface area (TPSA) is 108 Å². The van der Waals surface area contributed by atoms with E-state index in [0.29, 0.717) is 17.5 Å². The third-order valence-corrected chi connectivity index (χ3v) is 6.35. The van der Waals surface area contributed by atoms with Gasteiger partial charge in [-0.1, -0.05) is 36.4 Å². The molecule has 0 unspecified atom stereocenters. The molecular formula is C16H23N5O3S2. The Hall–Kier alpha value is -1.91. The van der Waals surface area contributed by atoms with E-state index in [9.17, 15) is 13.2 Å². The van der Waals surface area contributed by atoms with E-state index in [-0.39, 0.29) is 23.9 Å². The van der Waals surface area contributed by atoms with Gasteiger partial charge in [0.1, 0.15) is 5.82 Å². The Kier molecular flexibility index (Phi) is 7.18. The smallest absolute Gasteiger partial charge is 0.243 e. The van der Waals surface area contributed by atoms with E-state index in [1.807, 2.05) is 13.8 Å². The predicted octanol–water partition coefficient (Wildman–Crippen LogP) is 1.34. The minimum atomic E-state index is -3.69. The number of amides is 1. The Bertz CT molecular complexity index is 834. The number of nitrogens with zero attached hydrogens (tertiary/aromatic N) is 3. The number of rotatable bonds is 9. The monoisotopic (exact) mass is 397 g/mol. The number of aryl methyl sites for hydroxylation is 2. The van der Waals surface area contributed by atoms with Crippen LogP contribution < -0.4 is 5.32 Å². The predicted molar refractivity (Wildman–Crippen MR) is 100 cm³/mol. The number of benzene rings is 1. The number of aromatic amines is 1. The van der Waals surface area contributed by atoms with Crippen LogP contribution in [0.4, 0.5) is 0 Å². The van der Waals surface area contributed by atoms with Crippen molar-refractivity contribution in [3.8, 4) is 0 Å². The summed E-state index contributed by atoms with van der Waals surface area (Å²) in [5.74, 6) is 0.991. The molecule has 2 aromatic rings. The van der Waals surface area contributed by atoms with Crippen molar-refractivity contribution in [3.63, 3.8) is 0 Å². The molecule has 8 nitrogen and oxygen atoms in total. The molecule has 10 heteroatoms. The average Bonchev–Trinajstić information content (AvgIpc) is 3.02. The van der Waals surface area contributed by atoms with Crippen LogP contribution in [-0.4, -0.2) is 59.2 Å². The summed E-state index contributed by atoms with van der Waals surface area (Å²) in [4.78, 5) is 16.4. The number of hydrogen-bond donors (Lipinski definition) is 2. The molecule has 0 saturated heterocycles. The average molecular weight is 398 g/mol. The van der Waals surface area contributed by atoms with Crippen molar-refractivity contribution in [2.24, 2.45) is 0 Å². The van der Waals surface area contributed by atoms with Gasteiger partial charge in [0.15, 0.2) is 0 Å². The van der Waals surface area contributed by atoms with Crippen LogP contribution in [0.3, 0.4) is 0 Å². The van der Waals surface area contributed by atoms with E-state index in [0.717, 1.165) is 11.4 Å². The lowest BCUT2D eigenvalue weighted by Crippen LogP contribution is -2.41. The lowest BCUT2D eigenvalue weighted by molar-refractivity contribution is -0.121. The number of carbonyl (C=O) groups excluding carboxylic acids is 1. The molecule has 0 aliphatic rings. The fraction of sp³-hybridized carbons (Fsp3) is 0.438. The molecule has 1 aromatic heterocycles. The lowest BCUT2D eigenvalue weighted by Gasteiger charge is -2.20. The van der Waals surface area contributed by atoms with Crippen LogP contribution in [0.5, 0.6) is 0 Å². The zero-order chi connectivity index (χ0) is 19.2. The van der Waals surface area contributed by atoms with Crippen LogP contribution in [0.15, 0.2) is 34.3 Å². The summed E-state index contributed by atoms with van der Waals surface area (Å²) in [6.07, 6.45) is 0. The molecule has 1 heterocycles. The largest absolute Gasteiger partial charge is 0.354 e. The number of H-pyrrole nitrogens is 1. The minimum absolute atomic E-state index is 0.188. The van der Waals surface area contributed by atoms with Gasteiger partial charge in [-0.25, -0.2) is 13.4 Å². The van der Waals surface area contributed by atoms with Crippen molar-refractivity contribution in [1.82, 2.24) is 24.8 Å². The first-order valence-electron chi connectivity index (χ1n) is 8.18. The molecular weight excluding hydrogens is 374 g/mol. The number of hydrogen-bond acceptors (Lipinski definition) is 6. The maximum absolute atomic E-state index is 12.6. The highest BCUT2D eigenvalue weighted by Crippen LogP contribution is 2.16. The normalized spacial score (nSPS) is 11.7. The van der Waals surface area contributed by atoms with Gasteiger partial charge in [-0.05, 0) is 26.0 Å². The van der Waals surface area contributed by atoms with Crippen molar-refractivity contribution >= 4 is 27.7 Å². The van der Waals surface area contributed by atoms with E-state index >= 15 is 0 Å². The number of nitrogens with one attached hydrogen (secondary N) is 2. The highest BCUT2D eigenvalue weighted by molar-refractivity contribution is 7.99. The van der Waals surface area contributed by atoms with Crippen LogP contribution in [0, 0.1) is 13.8 Å². The minimum Gasteiger partial charge on any atom is -0.354 e. The summed E-state index contributed by atoms with van der Waals surface area (Å²) < 4.78 is 26.5. The summed E-state index contributed by atoms with van der Waals surface area (Å²) >= 11 is 1.41. The van der Waals surface area contributed by atoms with Gasteiger partial charge >= 0.3 is 0 Å². The fourth-order valence-electron chi connectivity index (χ4n) is 2.16. The molecule has 1 aromatic carbocycles. The van der Waals surface area contributed by atoms with E-state index in [4.69, 9.17) is 0 Å². The van der Waals surface area contributed by atoms with Crippen LogP contribution in [0.2, 0.25) is 0 Å². The summed E-state index contributed by atoms with van der Waals surface area (Å²) in [6, 6.07) is 6.59. The van der Waals surface area contributed by atoms with E-state index < -0.39 is 10.0 Å². The first-order valence-corrected chi connectivity index (χ1v) is 10.6. The van der Waals surface area contributed by atoms with Crippen LogP contribution >= 0.6 is 11.8 Å². The van der Waals surface area contributed by atoms with Crippen molar-refractivity contribution in [2.75, 3.05) is 25.4 Å². The zero-order valence-electron chi connectivity index (χ0n) is 15.0. The molecule has 0 spiro atoms.